The Kier molecular flexibility index (Phi) is 6.13. The van der Waals surface area contributed by atoms with Crippen LogP contribution in [0.25, 0.3) is 0 Å². The molecule has 1 atom stereocenters. The van der Waals surface area contributed by atoms with Gasteiger partial charge in [0.2, 0.25) is 0 Å². The second-order valence-electron chi connectivity index (χ2n) is 4.58. The van der Waals surface area contributed by atoms with Crippen molar-refractivity contribution in [3.63, 3.8) is 0 Å². The third kappa shape index (κ3) is 9.38. The zero-order chi connectivity index (χ0) is 11.9. The van der Waals surface area contributed by atoms with E-state index in [0.29, 0.717) is 19.4 Å². The third-order valence-electron chi connectivity index (χ3n) is 1.63. The van der Waals surface area contributed by atoms with Crippen LogP contribution in [0.1, 0.15) is 47.5 Å². The minimum absolute atomic E-state index is 0.0774. The first-order valence-electron chi connectivity index (χ1n) is 5.42. The van der Waals surface area contributed by atoms with E-state index in [9.17, 15) is 4.79 Å². The molecule has 0 aliphatic heterocycles. The maximum absolute atomic E-state index is 11.1. The molecule has 0 aliphatic carbocycles. The van der Waals surface area contributed by atoms with Crippen LogP contribution in [-0.2, 0) is 9.53 Å². The molecule has 0 rings (SSSR count). The number of hydrogen-bond donors (Lipinski definition) is 0. The lowest BCUT2D eigenvalue weighted by molar-refractivity contribution is -0.143. The highest BCUT2D eigenvalue weighted by atomic mass is 16.5. The van der Waals surface area contributed by atoms with Gasteiger partial charge in [-0.2, -0.15) is 10.2 Å². The Bertz CT molecular complexity index is 219. The molecule has 0 bridgehead atoms. The van der Waals surface area contributed by atoms with Crippen LogP contribution >= 0.6 is 0 Å². The average molecular weight is 214 g/mol. The molecule has 4 heteroatoms. The third-order valence-corrected chi connectivity index (χ3v) is 1.63. The topological polar surface area (TPSA) is 51.0 Å². The van der Waals surface area contributed by atoms with Gasteiger partial charge in [-0.25, -0.2) is 0 Å². The molecule has 0 heterocycles. The fourth-order valence-electron chi connectivity index (χ4n) is 0.889. The van der Waals surface area contributed by atoms with E-state index in [1.54, 1.807) is 6.92 Å². The van der Waals surface area contributed by atoms with E-state index in [1.165, 1.54) is 0 Å². The molecule has 0 saturated carbocycles. The van der Waals surface area contributed by atoms with Gasteiger partial charge in [-0.1, -0.05) is 0 Å². The molecule has 4 nitrogen and oxygen atoms in total. The van der Waals surface area contributed by atoms with Crippen LogP contribution in [0.2, 0.25) is 0 Å². The summed E-state index contributed by atoms with van der Waals surface area (Å²) in [6.45, 7) is 10.2. The Labute approximate surface area is 92.1 Å². The lowest BCUT2D eigenvalue weighted by Crippen LogP contribution is -2.11. The number of carbonyl (C=O) groups excluding carboxylic acids is 1. The summed E-state index contributed by atoms with van der Waals surface area (Å²) in [6, 6.07) is 0.0774. The fraction of sp³-hybridized carbons (Fsp3) is 0.909. The molecule has 0 radical (unpaired) electrons. The number of carbonyl (C=O) groups is 1. The van der Waals surface area contributed by atoms with Crippen molar-refractivity contribution in [1.29, 1.82) is 0 Å². The van der Waals surface area contributed by atoms with E-state index >= 15 is 0 Å². The van der Waals surface area contributed by atoms with Crippen molar-refractivity contribution in [3.05, 3.63) is 0 Å². The molecule has 0 aromatic heterocycles. The SMILES string of the molecule is CCOC(=O)CCC(C)N=NC(C)(C)C. The van der Waals surface area contributed by atoms with Crippen LogP contribution in [0.15, 0.2) is 10.2 Å². The van der Waals surface area contributed by atoms with Crippen molar-refractivity contribution in [2.75, 3.05) is 6.61 Å². The van der Waals surface area contributed by atoms with E-state index in [-0.39, 0.29) is 17.6 Å². The van der Waals surface area contributed by atoms with E-state index in [2.05, 4.69) is 10.2 Å². The van der Waals surface area contributed by atoms with Crippen LogP contribution in [0.4, 0.5) is 0 Å². The van der Waals surface area contributed by atoms with Crippen molar-refractivity contribution >= 4 is 5.97 Å². The van der Waals surface area contributed by atoms with E-state index in [4.69, 9.17) is 4.74 Å². The van der Waals surface area contributed by atoms with Crippen molar-refractivity contribution < 1.29 is 9.53 Å². The normalized spacial score (nSPS) is 14.2. The van der Waals surface area contributed by atoms with Gasteiger partial charge in [0.15, 0.2) is 0 Å². The van der Waals surface area contributed by atoms with Crippen LogP contribution in [0.5, 0.6) is 0 Å². The number of azo groups is 1. The molecule has 0 fully saturated rings. The second kappa shape index (κ2) is 6.53. The predicted octanol–water partition coefficient (Wildman–Crippen LogP) is 2.97. The molecule has 0 aromatic carbocycles. The standard InChI is InChI=1S/C11H22N2O2/c1-6-15-10(14)8-7-9(2)12-13-11(3,4)5/h9H,6-8H2,1-5H3. The Hall–Kier alpha value is -0.930. The van der Waals surface area contributed by atoms with Crippen molar-refractivity contribution in [2.45, 2.75) is 59.0 Å². The second-order valence-corrected chi connectivity index (χ2v) is 4.58. The van der Waals surface area contributed by atoms with E-state index < -0.39 is 0 Å². The summed E-state index contributed by atoms with van der Waals surface area (Å²) in [5.74, 6) is -0.157. The molecule has 0 N–H and O–H groups in total. The predicted molar refractivity (Wildman–Crippen MR) is 59.9 cm³/mol. The van der Waals surface area contributed by atoms with Crippen LogP contribution in [-0.4, -0.2) is 24.2 Å². The van der Waals surface area contributed by atoms with Crippen molar-refractivity contribution in [2.24, 2.45) is 10.2 Å². The lowest BCUT2D eigenvalue weighted by Gasteiger charge is -2.11. The minimum Gasteiger partial charge on any atom is -0.466 e. The van der Waals surface area contributed by atoms with Crippen LogP contribution in [0, 0.1) is 0 Å². The monoisotopic (exact) mass is 214 g/mol. The summed E-state index contributed by atoms with van der Waals surface area (Å²) in [6.07, 6.45) is 1.11. The Balaban J connectivity index is 3.80. The zero-order valence-corrected chi connectivity index (χ0v) is 10.4. The summed E-state index contributed by atoms with van der Waals surface area (Å²) < 4.78 is 4.83. The maximum atomic E-state index is 11.1. The largest absolute Gasteiger partial charge is 0.466 e. The summed E-state index contributed by atoms with van der Waals surface area (Å²) in [4.78, 5) is 11.1. The molecule has 15 heavy (non-hydrogen) atoms. The number of hydrogen-bond acceptors (Lipinski definition) is 4. The first kappa shape index (κ1) is 14.1. The summed E-state index contributed by atoms with van der Waals surface area (Å²) in [7, 11) is 0. The highest BCUT2D eigenvalue weighted by Gasteiger charge is 2.09. The van der Waals surface area contributed by atoms with Gasteiger partial charge >= 0.3 is 5.97 Å². The summed E-state index contributed by atoms with van der Waals surface area (Å²) in [5, 5.41) is 8.30. The molecule has 0 saturated heterocycles. The smallest absolute Gasteiger partial charge is 0.305 e. The molecule has 1 unspecified atom stereocenters. The van der Waals surface area contributed by atoms with Gasteiger partial charge in [-0.15, -0.1) is 0 Å². The summed E-state index contributed by atoms with van der Waals surface area (Å²) >= 11 is 0. The van der Waals surface area contributed by atoms with Gasteiger partial charge in [0.05, 0.1) is 18.2 Å². The molecule has 0 amide bonds. The molecular formula is C11H22N2O2. The summed E-state index contributed by atoms with van der Waals surface area (Å²) in [5.41, 5.74) is -0.141. The number of esters is 1. The maximum Gasteiger partial charge on any atom is 0.305 e. The Morgan fingerprint density at radius 2 is 2.00 bits per heavy atom. The van der Waals surface area contributed by atoms with Gasteiger partial charge in [0, 0.05) is 6.42 Å². The molecule has 0 aromatic rings. The van der Waals surface area contributed by atoms with Crippen molar-refractivity contribution in [1.82, 2.24) is 0 Å². The zero-order valence-electron chi connectivity index (χ0n) is 10.4. The Morgan fingerprint density at radius 3 is 2.47 bits per heavy atom. The lowest BCUT2D eigenvalue weighted by atomic mass is 10.1. The van der Waals surface area contributed by atoms with Crippen LogP contribution < -0.4 is 0 Å². The molecule has 0 spiro atoms. The fourth-order valence-corrected chi connectivity index (χ4v) is 0.889. The number of nitrogens with zero attached hydrogens (tertiary/aromatic N) is 2. The highest BCUT2D eigenvalue weighted by molar-refractivity contribution is 5.69. The van der Waals surface area contributed by atoms with Gasteiger partial charge < -0.3 is 4.74 Å². The van der Waals surface area contributed by atoms with Gasteiger partial charge in [0.25, 0.3) is 0 Å². The quantitative estimate of drug-likeness (QED) is 0.522. The Morgan fingerprint density at radius 1 is 1.40 bits per heavy atom. The molecule has 0 aliphatic rings. The molecular weight excluding hydrogens is 192 g/mol. The van der Waals surface area contributed by atoms with E-state index in [0.717, 1.165) is 0 Å². The van der Waals surface area contributed by atoms with Gasteiger partial charge in [0.1, 0.15) is 0 Å². The average Bonchev–Trinajstić information content (AvgIpc) is 2.11. The van der Waals surface area contributed by atoms with Crippen LogP contribution in [0.3, 0.4) is 0 Å². The first-order chi connectivity index (χ1) is 6.85. The minimum atomic E-state index is -0.157. The number of rotatable bonds is 5. The van der Waals surface area contributed by atoms with Crippen molar-refractivity contribution in [3.8, 4) is 0 Å². The molecule has 88 valence electrons. The van der Waals surface area contributed by atoms with E-state index in [1.807, 2.05) is 27.7 Å². The van der Waals surface area contributed by atoms with Gasteiger partial charge in [-0.05, 0) is 41.0 Å². The highest BCUT2D eigenvalue weighted by Crippen LogP contribution is 2.10. The number of ether oxygens (including phenoxy) is 1. The first-order valence-corrected chi connectivity index (χ1v) is 5.42. The van der Waals surface area contributed by atoms with Gasteiger partial charge in [-0.3, -0.25) is 4.79 Å².